The lowest BCUT2D eigenvalue weighted by molar-refractivity contribution is -0.146. The Hall–Kier alpha value is -0.620. The number of esters is 1. The molecule has 0 radical (unpaired) electrons. The molecule has 0 heterocycles. The standard InChI is InChI=1S/C7H15NO4S/c1-5-13(10,11)8-7(2,3)6(9)12-4/h8H,5H2,1-4H3. The van der Waals surface area contributed by atoms with Gasteiger partial charge in [0.05, 0.1) is 12.9 Å². The molecule has 0 fully saturated rings. The molecule has 0 aliphatic carbocycles. The summed E-state index contributed by atoms with van der Waals surface area (Å²) < 4.78 is 28.9. The van der Waals surface area contributed by atoms with Gasteiger partial charge in [0.15, 0.2) is 0 Å². The first-order chi connectivity index (χ1) is 5.75. The molecular weight excluding hydrogens is 194 g/mol. The van der Waals surface area contributed by atoms with Gasteiger partial charge < -0.3 is 4.74 Å². The Morgan fingerprint density at radius 1 is 1.46 bits per heavy atom. The molecule has 78 valence electrons. The first-order valence-corrected chi connectivity index (χ1v) is 5.50. The van der Waals surface area contributed by atoms with Crippen molar-refractivity contribution in [1.82, 2.24) is 4.72 Å². The molecule has 0 aliphatic heterocycles. The van der Waals surface area contributed by atoms with Crippen LogP contribution in [0.3, 0.4) is 0 Å². The molecule has 13 heavy (non-hydrogen) atoms. The Morgan fingerprint density at radius 2 is 1.92 bits per heavy atom. The number of ether oxygens (including phenoxy) is 1. The maximum Gasteiger partial charge on any atom is 0.326 e. The van der Waals surface area contributed by atoms with Gasteiger partial charge in [0.1, 0.15) is 5.54 Å². The lowest BCUT2D eigenvalue weighted by Crippen LogP contribution is -2.50. The van der Waals surface area contributed by atoms with Crippen molar-refractivity contribution in [2.24, 2.45) is 0 Å². The first-order valence-electron chi connectivity index (χ1n) is 3.85. The van der Waals surface area contributed by atoms with Gasteiger partial charge in [-0.25, -0.2) is 8.42 Å². The van der Waals surface area contributed by atoms with Crippen molar-refractivity contribution in [2.45, 2.75) is 26.3 Å². The molecule has 0 aliphatic rings. The number of hydrogen-bond acceptors (Lipinski definition) is 4. The van der Waals surface area contributed by atoms with Crippen LogP contribution < -0.4 is 4.72 Å². The second-order valence-corrected chi connectivity index (χ2v) is 5.13. The zero-order valence-corrected chi connectivity index (χ0v) is 9.06. The maximum atomic E-state index is 11.1. The molecule has 0 saturated carbocycles. The summed E-state index contributed by atoms with van der Waals surface area (Å²) in [6.07, 6.45) is 0. The second kappa shape index (κ2) is 4.06. The fourth-order valence-corrected chi connectivity index (χ4v) is 1.76. The average Bonchev–Trinajstić information content (AvgIpc) is 2.01. The summed E-state index contributed by atoms with van der Waals surface area (Å²) in [6, 6.07) is 0. The van der Waals surface area contributed by atoms with E-state index in [0.29, 0.717) is 0 Å². The largest absolute Gasteiger partial charge is 0.468 e. The van der Waals surface area contributed by atoms with Crippen LogP contribution in [0.1, 0.15) is 20.8 Å². The minimum Gasteiger partial charge on any atom is -0.468 e. The summed E-state index contributed by atoms with van der Waals surface area (Å²) in [6.45, 7) is 4.40. The molecule has 0 unspecified atom stereocenters. The van der Waals surface area contributed by atoms with Crippen molar-refractivity contribution < 1.29 is 17.9 Å². The molecular formula is C7H15NO4S. The molecule has 0 rings (SSSR count). The fourth-order valence-electron chi connectivity index (χ4n) is 0.758. The lowest BCUT2D eigenvalue weighted by Gasteiger charge is -2.22. The maximum absolute atomic E-state index is 11.1. The van der Waals surface area contributed by atoms with Gasteiger partial charge in [0.2, 0.25) is 10.0 Å². The molecule has 5 nitrogen and oxygen atoms in total. The van der Waals surface area contributed by atoms with E-state index in [1.807, 2.05) is 0 Å². The number of carbonyl (C=O) groups is 1. The summed E-state index contributed by atoms with van der Waals surface area (Å²) in [5.41, 5.74) is -1.20. The van der Waals surface area contributed by atoms with Crippen LogP contribution in [0.4, 0.5) is 0 Å². The summed E-state index contributed by atoms with van der Waals surface area (Å²) in [7, 11) is -2.17. The topological polar surface area (TPSA) is 72.5 Å². The molecule has 0 aromatic carbocycles. The van der Waals surface area contributed by atoms with Crippen molar-refractivity contribution in [1.29, 1.82) is 0 Å². The van der Waals surface area contributed by atoms with E-state index in [0.717, 1.165) is 0 Å². The summed E-state index contributed by atoms with van der Waals surface area (Å²) >= 11 is 0. The predicted octanol–water partition coefficient (Wildman–Crippen LogP) is -0.123. The third-order valence-electron chi connectivity index (χ3n) is 1.49. The van der Waals surface area contributed by atoms with Gasteiger partial charge >= 0.3 is 5.97 Å². The Bertz CT molecular complexity index is 281. The van der Waals surface area contributed by atoms with Crippen LogP contribution >= 0.6 is 0 Å². The van der Waals surface area contributed by atoms with E-state index in [-0.39, 0.29) is 5.75 Å². The van der Waals surface area contributed by atoms with E-state index in [4.69, 9.17) is 0 Å². The molecule has 0 bridgehead atoms. The van der Waals surface area contributed by atoms with Crippen molar-refractivity contribution in [3.8, 4) is 0 Å². The van der Waals surface area contributed by atoms with Crippen LogP contribution in [0.2, 0.25) is 0 Å². The van der Waals surface area contributed by atoms with Crippen LogP contribution in [0.15, 0.2) is 0 Å². The Morgan fingerprint density at radius 3 is 2.23 bits per heavy atom. The monoisotopic (exact) mass is 209 g/mol. The fraction of sp³-hybridized carbons (Fsp3) is 0.857. The minimum atomic E-state index is -3.38. The zero-order valence-electron chi connectivity index (χ0n) is 8.25. The third kappa shape index (κ3) is 3.73. The molecule has 0 spiro atoms. The Labute approximate surface area is 78.5 Å². The second-order valence-electron chi connectivity index (χ2n) is 3.12. The van der Waals surface area contributed by atoms with Crippen LogP contribution in [0.5, 0.6) is 0 Å². The number of hydrogen-bond donors (Lipinski definition) is 1. The smallest absolute Gasteiger partial charge is 0.326 e. The Kier molecular flexibility index (Phi) is 3.87. The number of sulfonamides is 1. The van der Waals surface area contributed by atoms with Crippen LogP contribution in [0, 0.1) is 0 Å². The van der Waals surface area contributed by atoms with Gasteiger partial charge in [0.25, 0.3) is 0 Å². The summed E-state index contributed by atoms with van der Waals surface area (Å²) in [4.78, 5) is 11.1. The highest BCUT2D eigenvalue weighted by atomic mass is 32.2. The average molecular weight is 209 g/mol. The number of nitrogens with one attached hydrogen (secondary N) is 1. The van der Waals surface area contributed by atoms with E-state index in [2.05, 4.69) is 9.46 Å². The Balaban J connectivity index is 4.61. The molecule has 0 atom stereocenters. The van der Waals surface area contributed by atoms with Gasteiger partial charge in [-0.05, 0) is 20.8 Å². The molecule has 0 amide bonds. The zero-order chi connectivity index (χ0) is 10.7. The van der Waals surface area contributed by atoms with Gasteiger partial charge in [-0.2, -0.15) is 4.72 Å². The molecule has 0 aromatic rings. The minimum absolute atomic E-state index is 0.0621. The third-order valence-corrected chi connectivity index (χ3v) is 3.07. The van der Waals surface area contributed by atoms with Crippen molar-refractivity contribution >= 4 is 16.0 Å². The van der Waals surface area contributed by atoms with E-state index in [1.165, 1.54) is 27.9 Å². The van der Waals surface area contributed by atoms with Gasteiger partial charge in [0, 0.05) is 0 Å². The van der Waals surface area contributed by atoms with Gasteiger partial charge in [-0.3, -0.25) is 4.79 Å². The van der Waals surface area contributed by atoms with Gasteiger partial charge in [-0.1, -0.05) is 0 Å². The molecule has 6 heteroatoms. The highest BCUT2D eigenvalue weighted by Gasteiger charge is 2.32. The molecule has 0 saturated heterocycles. The summed E-state index contributed by atoms with van der Waals surface area (Å²) in [5, 5.41) is 0. The van der Waals surface area contributed by atoms with E-state index in [1.54, 1.807) is 0 Å². The van der Waals surface area contributed by atoms with E-state index >= 15 is 0 Å². The number of carbonyl (C=O) groups excluding carboxylic acids is 1. The lowest BCUT2D eigenvalue weighted by atomic mass is 10.1. The quantitative estimate of drug-likeness (QED) is 0.655. The molecule has 1 N–H and O–H groups in total. The van der Waals surface area contributed by atoms with Crippen LogP contribution in [-0.2, 0) is 19.6 Å². The van der Waals surface area contributed by atoms with E-state index in [9.17, 15) is 13.2 Å². The number of rotatable bonds is 4. The van der Waals surface area contributed by atoms with Crippen molar-refractivity contribution in [3.05, 3.63) is 0 Å². The normalized spacial score (nSPS) is 12.6. The first kappa shape index (κ1) is 12.4. The number of methoxy groups -OCH3 is 1. The van der Waals surface area contributed by atoms with Gasteiger partial charge in [-0.15, -0.1) is 0 Å². The highest BCUT2D eigenvalue weighted by molar-refractivity contribution is 7.89. The van der Waals surface area contributed by atoms with Crippen LogP contribution in [-0.4, -0.2) is 32.8 Å². The molecule has 0 aromatic heterocycles. The highest BCUT2D eigenvalue weighted by Crippen LogP contribution is 2.06. The van der Waals surface area contributed by atoms with Crippen molar-refractivity contribution in [2.75, 3.05) is 12.9 Å². The van der Waals surface area contributed by atoms with Crippen LogP contribution in [0.25, 0.3) is 0 Å². The van der Waals surface area contributed by atoms with E-state index < -0.39 is 21.5 Å². The SMILES string of the molecule is CCS(=O)(=O)NC(C)(C)C(=O)OC. The van der Waals surface area contributed by atoms with Crippen molar-refractivity contribution in [3.63, 3.8) is 0 Å². The predicted molar refractivity (Wildman–Crippen MR) is 48.7 cm³/mol. The summed E-state index contributed by atoms with van der Waals surface area (Å²) in [5.74, 6) is -0.669.